The summed E-state index contributed by atoms with van der Waals surface area (Å²) in [4.78, 5) is 0. The highest BCUT2D eigenvalue weighted by Crippen LogP contribution is 2.26. The first-order chi connectivity index (χ1) is 14.2. The zero-order chi connectivity index (χ0) is 20.2. The Hall–Kier alpha value is -2.52. The van der Waals surface area contributed by atoms with Crippen LogP contribution in [0.25, 0.3) is 28.6 Å². The summed E-state index contributed by atoms with van der Waals surface area (Å²) >= 11 is 0. The molecule has 4 rings (SSSR count). The lowest BCUT2D eigenvalue weighted by molar-refractivity contribution is -0.0387. The Morgan fingerprint density at radius 1 is 1.31 bits per heavy atom. The molecule has 1 fully saturated rings. The van der Waals surface area contributed by atoms with Gasteiger partial charge in [0.05, 0.1) is 6.10 Å². The number of nitrogens with zero attached hydrogens (tertiary/aromatic N) is 1. The maximum atomic E-state index is 6.03. The van der Waals surface area contributed by atoms with Crippen molar-refractivity contribution in [3.63, 3.8) is 0 Å². The fraction of sp³-hybridized carbons (Fsp3) is 0.385. The molecule has 1 unspecified atom stereocenters. The lowest BCUT2D eigenvalue weighted by Gasteiger charge is -2.30. The van der Waals surface area contributed by atoms with E-state index in [2.05, 4.69) is 79.1 Å². The van der Waals surface area contributed by atoms with Crippen LogP contribution >= 0.6 is 0 Å². The maximum absolute atomic E-state index is 6.03. The van der Waals surface area contributed by atoms with Gasteiger partial charge in [-0.3, -0.25) is 0 Å². The van der Waals surface area contributed by atoms with Crippen molar-refractivity contribution < 1.29 is 4.74 Å². The molecule has 29 heavy (non-hydrogen) atoms. The number of rotatable bonds is 7. The molecule has 0 saturated heterocycles. The molecule has 0 bridgehead atoms. The van der Waals surface area contributed by atoms with Gasteiger partial charge in [0.1, 0.15) is 6.23 Å². The van der Waals surface area contributed by atoms with Gasteiger partial charge in [0.15, 0.2) is 0 Å². The van der Waals surface area contributed by atoms with Crippen molar-refractivity contribution >= 4 is 28.6 Å². The summed E-state index contributed by atoms with van der Waals surface area (Å²) in [6, 6.07) is 6.77. The molecule has 1 saturated carbocycles. The molecular weight excluding hydrogens is 356 g/mol. The minimum absolute atomic E-state index is 0.00335. The van der Waals surface area contributed by atoms with Crippen LogP contribution in [-0.4, -0.2) is 16.9 Å². The predicted molar refractivity (Wildman–Crippen MR) is 124 cm³/mol. The van der Waals surface area contributed by atoms with Crippen molar-refractivity contribution in [3.05, 3.63) is 65.3 Å². The summed E-state index contributed by atoms with van der Waals surface area (Å²) < 4.78 is 8.31. The summed E-state index contributed by atoms with van der Waals surface area (Å²) in [5.74, 6) is 0. The molecule has 1 aromatic carbocycles. The van der Waals surface area contributed by atoms with Crippen LogP contribution in [0.5, 0.6) is 0 Å². The molecule has 1 aliphatic carbocycles. The third kappa shape index (κ3) is 4.11. The highest BCUT2D eigenvalue weighted by atomic mass is 16.5. The topological polar surface area (TPSA) is 26.2 Å². The Bertz CT molecular complexity index is 1070. The zero-order valence-electron chi connectivity index (χ0n) is 17.7. The Kier molecular flexibility index (Phi) is 6.05. The van der Waals surface area contributed by atoms with Gasteiger partial charge in [0.25, 0.3) is 0 Å². The van der Waals surface area contributed by atoms with Gasteiger partial charge in [-0.1, -0.05) is 56.7 Å². The molecule has 3 heteroatoms. The van der Waals surface area contributed by atoms with Crippen molar-refractivity contribution in [3.8, 4) is 0 Å². The van der Waals surface area contributed by atoms with E-state index in [0.29, 0.717) is 6.10 Å². The van der Waals surface area contributed by atoms with Crippen LogP contribution in [0.15, 0.2) is 49.2 Å². The molecule has 152 valence electrons. The van der Waals surface area contributed by atoms with Crippen molar-refractivity contribution in [2.45, 2.75) is 57.8 Å². The number of dihydropyridines is 1. The monoisotopic (exact) mass is 388 g/mol. The Morgan fingerprint density at radius 3 is 2.83 bits per heavy atom. The maximum Gasteiger partial charge on any atom is 0.147 e. The number of fused-ring (bicyclic) bond motifs is 1. The number of hydrogen-bond donors (Lipinski definition) is 1. The summed E-state index contributed by atoms with van der Waals surface area (Å²) in [6.45, 7) is 6.15. The number of hydrogen-bond acceptors (Lipinski definition) is 2. The third-order valence-corrected chi connectivity index (χ3v) is 6.05. The number of aryl methyl sites for hydroxylation is 1. The van der Waals surface area contributed by atoms with Gasteiger partial charge < -0.3 is 14.6 Å². The van der Waals surface area contributed by atoms with E-state index in [0.717, 1.165) is 6.42 Å². The minimum atomic E-state index is -0.00335. The number of benzene rings is 1. The number of unbranched alkanes of at least 4 members (excludes halogenated alkanes) is 2. The molecule has 1 N–H and O–H groups in total. The van der Waals surface area contributed by atoms with E-state index >= 15 is 0 Å². The Labute approximate surface area is 173 Å². The average molecular weight is 389 g/mol. The standard InChI is InChI=1S/C26H32N2O/c1-4-6-7-12-22-23-15-13-19(17-25(23)28(3)24(22)9-5-2)20-14-16-26(27-18-20)29-21-10-8-11-21/h5,9,12-18,21,26-27H,2,4,6-8,10-11H2,1,3H3/b22-12-,24-9+. The molecule has 2 aromatic rings. The first kappa shape index (κ1) is 19.8. The highest BCUT2D eigenvalue weighted by molar-refractivity contribution is 5.87. The first-order valence-electron chi connectivity index (χ1n) is 10.9. The summed E-state index contributed by atoms with van der Waals surface area (Å²) in [6.07, 6.45) is 20.4. The molecule has 1 aliphatic heterocycles. The van der Waals surface area contributed by atoms with E-state index < -0.39 is 0 Å². The van der Waals surface area contributed by atoms with Crippen molar-refractivity contribution in [2.24, 2.45) is 7.05 Å². The van der Waals surface area contributed by atoms with Gasteiger partial charge >= 0.3 is 0 Å². The van der Waals surface area contributed by atoms with E-state index in [4.69, 9.17) is 4.74 Å². The van der Waals surface area contributed by atoms with Crippen LogP contribution < -0.4 is 15.9 Å². The van der Waals surface area contributed by atoms with E-state index in [-0.39, 0.29) is 6.23 Å². The average Bonchev–Trinajstić information content (AvgIpc) is 2.97. The van der Waals surface area contributed by atoms with Gasteiger partial charge in [0, 0.05) is 34.7 Å². The molecular formula is C26H32N2O. The molecule has 2 heterocycles. The molecule has 2 aliphatic rings. The smallest absolute Gasteiger partial charge is 0.147 e. The van der Waals surface area contributed by atoms with Gasteiger partial charge in [-0.15, -0.1) is 0 Å². The minimum Gasteiger partial charge on any atom is -0.362 e. The number of nitrogens with one attached hydrogen (secondary N) is 1. The number of aromatic nitrogens is 1. The van der Waals surface area contributed by atoms with Crippen LogP contribution in [0.3, 0.4) is 0 Å². The van der Waals surface area contributed by atoms with E-state index in [1.807, 2.05) is 6.08 Å². The molecule has 0 amide bonds. The van der Waals surface area contributed by atoms with Crippen LogP contribution in [0.4, 0.5) is 0 Å². The van der Waals surface area contributed by atoms with Gasteiger partial charge in [0.2, 0.25) is 0 Å². The van der Waals surface area contributed by atoms with Gasteiger partial charge in [-0.05, 0) is 55.0 Å². The Balaban J connectivity index is 1.65. The van der Waals surface area contributed by atoms with Crippen molar-refractivity contribution in [1.82, 2.24) is 9.88 Å². The van der Waals surface area contributed by atoms with Crippen LogP contribution in [0, 0.1) is 0 Å². The predicted octanol–water partition coefficient (Wildman–Crippen LogP) is 4.51. The largest absolute Gasteiger partial charge is 0.362 e. The summed E-state index contributed by atoms with van der Waals surface area (Å²) in [5.41, 5.74) is 3.65. The Morgan fingerprint density at radius 2 is 2.17 bits per heavy atom. The molecule has 1 aromatic heterocycles. The van der Waals surface area contributed by atoms with E-state index in [1.54, 1.807) is 0 Å². The molecule has 1 atom stereocenters. The molecule has 0 radical (unpaired) electrons. The SMILES string of the molecule is C=C/C=c1\c(=C/CCCC)c2ccc(C3=CNC(OC4CCC4)C=C3)cc2n1C. The second-order valence-corrected chi connectivity index (χ2v) is 8.07. The normalized spacial score (nSPS) is 20.6. The lowest BCUT2D eigenvalue weighted by atomic mass is 9.96. The fourth-order valence-corrected chi connectivity index (χ4v) is 4.09. The second-order valence-electron chi connectivity index (χ2n) is 8.07. The quantitative estimate of drug-likeness (QED) is 0.706. The fourth-order valence-electron chi connectivity index (χ4n) is 4.09. The number of ether oxygens (including phenoxy) is 1. The second kappa shape index (κ2) is 8.87. The number of allylic oxidation sites excluding steroid dienone is 3. The van der Waals surface area contributed by atoms with Crippen LogP contribution in [0.1, 0.15) is 51.0 Å². The van der Waals surface area contributed by atoms with Crippen molar-refractivity contribution in [1.29, 1.82) is 0 Å². The summed E-state index contributed by atoms with van der Waals surface area (Å²) in [7, 11) is 2.14. The molecule has 0 spiro atoms. The van der Waals surface area contributed by atoms with Crippen LogP contribution in [0.2, 0.25) is 0 Å². The van der Waals surface area contributed by atoms with Crippen molar-refractivity contribution in [2.75, 3.05) is 0 Å². The van der Waals surface area contributed by atoms with Crippen LogP contribution in [-0.2, 0) is 11.8 Å². The zero-order valence-corrected chi connectivity index (χ0v) is 17.7. The molecule has 3 nitrogen and oxygen atoms in total. The third-order valence-electron chi connectivity index (χ3n) is 6.05. The lowest BCUT2D eigenvalue weighted by Crippen LogP contribution is -2.35. The van der Waals surface area contributed by atoms with E-state index in [9.17, 15) is 0 Å². The van der Waals surface area contributed by atoms with Gasteiger partial charge in [-0.2, -0.15) is 0 Å². The summed E-state index contributed by atoms with van der Waals surface area (Å²) in [5, 5.41) is 7.25. The highest BCUT2D eigenvalue weighted by Gasteiger charge is 2.22. The first-order valence-corrected chi connectivity index (χ1v) is 10.9. The van der Waals surface area contributed by atoms with E-state index in [1.165, 1.54) is 64.7 Å². The van der Waals surface area contributed by atoms with Gasteiger partial charge in [-0.25, -0.2) is 0 Å².